The van der Waals surface area contributed by atoms with E-state index >= 15 is 0 Å². The fourth-order valence-corrected chi connectivity index (χ4v) is 6.52. The molecular formula is C27H39ClN2O2SSi. The normalized spacial score (nSPS) is 21.3. The van der Waals surface area contributed by atoms with Crippen LogP contribution in [0.2, 0.25) is 18.1 Å². The molecule has 2 aromatic rings. The van der Waals surface area contributed by atoms with Gasteiger partial charge in [0.1, 0.15) is 5.75 Å². The molecule has 1 aliphatic rings. The molecule has 0 aliphatic carbocycles. The Balaban J connectivity index is 2.01. The molecule has 0 unspecified atom stereocenters. The Kier molecular flexibility index (Phi) is 8.52. The highest BCUT2D eigenvalue weighted by Crippen LogP contribution is 2.40. The van der Waals surface area contributed by atoms with Gasteiger partial charge in [-0.25, -0.2) is 0 Å². The standard InChI is InChI=1S/C27H39ClN2O2SSi/c1-9-15-29-17-20(3)30(18-19(29)2)25(23-13-14-24(33-23)26(28)31)21-11-10-12-22(16-21)32-34(7,8)27(4,5)6/h9-14,16,19-20,25H,1,15,17-18H2,2-8H3/t19-,20+,25+/m1/s1. The molecule has 34 heavy (non-hydrogen) atoms. The molecule has 1 aliphatic heterocycles. The minimum Gasteiger partial charge on any atom is -0.543 e. The third-order valence-corrected chi connectivity index (χ3v) is 13.1. The lowest BCUT2D eigenvalue weighted by Crippen LogP contribution is -2.57. The summed E-state index contributed by atoms with van der Waals surface area (Å²) in [5.74, 6) is 0.922. The topological polar surface area (TPSA) is 32.8 Å². The second-order valence-corrected chi connectivity index (χ2v) is 17.1. The van der Waals surface area contributed by atoms with E-state index in [2.05, 4.69) is 94.4 Å². The van der Waals surface area contributed by atoms with Crippen LogP contribution in [0.1, 0.15) is 60.8 Å². The van der Waals surface area contributed by atoms with Crippen molar-refractivity contribution < 1.29 is 9.22 Å². The van der Waals surface area contributed by atoms with Crippen molar-refractivity contribution in [3.05, 3.63) is 64.4 Å². The third kappa shape index (κ3) is 6.03. The van der Waals surface area contributed by atoms with Crippen LogP contribution in [0.25, 0.3) is 0 Å². The molecule has 3 atom stereocenters. The number of hydrogen-bond donors (Lipinski definition) is 0. The van der Waals surface area contributed by atoms with Crippen molar-refractivity contribution in [2.75, 3.05) is 19.6 Å². The van der Waals surface area contributed by atoms with Gasteiger partial charge in [0.25, 0.3) is 5.24 Å². The van der Waals surface area contributed by atoms with E-state index in [0.717, 1.165) is 30.3 Å². The van der Waals surface area contributed by atoms with Gasteiger partial charge in [-0.15, -0.1) is 17.9 Å². The number of halogens is 1. The smallest absolute Gasteiger partial charge is 0.262 e. The van der Waals surface area contributed by atoms with Crippen LogP contribution in [0.15, 0.2) is 49.1 Å². The van der Waals surface area contributed by atoms with E-state index in [-0.39, 0.29) is 11.1 Å². The highest BCUT2D eigenvalue weighted by atomic mass is 35.5. The van der Waals surface area contributed by atoms with Crippen molar-refractivity contribution in [3.8, 4) is 5.75 Å². The molecule has 1 fully saturated rings. The lowest BCUT2D eigenvalue weighted by molar-refractivity contribution is 0.0315. The Bertz CT molecular complexity index is 1020. The number of rotatable bonds is 8. The van der Waals surface area contributed by atoms with Crippen molar-refractivity contribution in [1.82, 2.24) is 9.80 Å². The van der Waals surface area contributed by atoms with Gasteiger partial charge in [0.05, 0.1) is 10.9 Å². The Labute approximate surface area is 215 Å². The summed E-state index contributed by atoms with van der Waals surface area (Å²) in [5, 5.41) is -0.278. The molecule has 1 aromatic carbocycles. The number of thiophene rings is 1. The summed E-state index contributed by atoms with van der Waals surface area (Å²) < 4.78 is 6.65. The highest BCUT2D eigenvalue weighted by Gasteiger charge is 2.39. The van der Waals surface area contributed by atoms with Crippen molar-refractivity contribution >= 4 is 36.5 Å². The van der Waals surface area contributed by atoms with Gasteiger partial charge in [-0.3, -0.25) is 14.6 Å². The molecular weight excluding hydrogens is 480 g/mol. The second-order valence-electron chi connectivity index (χ2n) is 11.0. The summed E-state index contributed by atoms with van der Waals surface area (Å²) in [4.78, 5) is 18.6. The third-order valence-electron chi connectivity index (χ3n) is 7.30. The van der Waals surface area contributed by atoms with Crippen molar-refractivity contribution in [3.63, 3.8) is 0 Å². The molecule has 0 spiro atoms. The van der Waals surface area contributed by atoms with Gasteiger partial charge >= 0.3 is 0 Å². The zero-order chi connectivity index (χ0) is 25.3. The maximum absolute atomic E-state index is 11.9. The van der Waals surface area contributed by atoms with Crippen LogP contribution in [0, 0.1) is 0 Å². The van der Waals surface area contributed by atoms with Crippen LogP contribution in [-0.2, 0) is 0 Å². The van der Waals surface area contributed by atoms with Crippen LogP contribution in [0.5, 0.6) is 5.75 Å². The van der Waals surface area contributed by atoms with Gasteiger partial charge in [-0.1, -0.05) is 39.0 Å². The number of hydrogen-bond acceptors (Lipinski definition) is 5. The maximum atomic E-state index is 11.9. The second kappa shape index (κ2) is 10.7. The number of carbonyl (C=O) groups excluding carboxylic acids is 1. The summed E-state index contributed by atoms with van der Waals surface area (Å²) in [6.45, 7) is 22.6. The minimum atomic E-state index is -1.97. The first kappa shape index (κ1) is 27.1. The Morgan fingerprint density at radius 1 is 1.24 bits per heavy atom. The Morgan fingerprint density at radius 2 is 1.94 bits per heavy atom. The van der Waals surface area contributed by atoms with Gasteiger partial charge in [0.2, 0.25) is 8.32 Å². The van der Waals surface area contributed by atoms with E-state index in [1.807, 2.05) is 12.1 Å². The van der Waals surface area contributed by atoms with E-state index < -0.39 is 13.6 Å². The van der Waals surface area contributed by atoms with Gasteiger partial charge in [0, 0.05) is 36.6 Å². The largest absolute Gasteiger partial charge is 0.543 e. The zero-order valence-corrected chi connectivity index (χ0v) is 24.2. The van der Waals surface area contributed by atoms with Crippen LogP contribution in [0.4, 0.5) is 0 Å². The molecule has 186 valence electrons. The summed E-state index contributed by atoms with van der Waals surface area (Å²) in [6.07, 6.45) is 1.98. The van der Waals surface area contributed by atoms with Gasteiger partial charge < -0.3 is 4.43 Å². The van der Waals surface area contributed by atoms with Crippen molar-refractivity contribution in [1.29, 1.82) is 0 Å². The maximum Gasteiger partial charge on any atom is 0.262 e. The molecule has 0 radical (unpaired) electrons. The van der Waals surface area contributed by atoms with Gasteiger partial charge in [-0.2, -0.15) is 0 Å². The molecule has 0 amide bonds. The van der Waals surface area contributed by atoms with E-state index in [1.54, 1.807) is 0 Å². The molecule has 0 saturated carbocycles. The number of piperazine rings is 1. The number of carbonyl (C=O) groups is 1. The molecule has 1 aromatic heterocycles. The molecule has 3 rings (SSSR count). The highest BCUT2D eigenvalue weighted by molar-refractivity contribution is 7.15. The summed E-state index contributed by atoms with van der Waals surface area (Å²) in [7, 11) is -1.97. The first-order valence-electron chi connectivity index (χ1n) is 12.0. The van der Waals surface area contributed by atoms with Crippen molar-refractivity contribution in [2.45, 2.75) is 70.9 Å². The van der Waals surface area contributed by atoms with Crippen LogP contribution in [-0.4, -0.2) is 55.1 Å². The monoisotopic (exact) mass is 518 g/mol. The number of benzene rings is 1. The van der Waals surface area contributed by atoms with E-state index in [0.29, 0.717) is 17.0 Å². The predicted molar refractivity (Wildman–Crippen MR) is 148 cm³/mol. The van der Waals surface area contributed by atoms with E-state index in [9.17, 15) is 4.79 Å². The summed E-state index contributed by atoms with van der Waals surface area (Å²) >= 11 is 7.32. The summed E-state index contributed by atoms with van der Waals surface area (Å²) in [5.41, 5.74) is 1.18. The quantitative estimate of drug-likeness (QED) is 0.210. The molecule has 0 bridgehead atoms. The van der Waals surface area contributed by atoms with Crippen LogP contribution >= 0.6 is 22.9 Å². The zero-order valence-electron chi connectivity index (χ0n) is 21.6. The van der Waals surface area contributed by atoms with Crippen LogP contribution < -0.4 is 4.43 Å². The molecule has 2 heterocycles. The predicted octanol–water partition coefficient (Wildman–Crippen LogP) is 7.18. The number of nitrogens with zero attached hydrogens (tertiary/aromatic N) is 2. The van der Waals surface area contributed by atoms with E-state index in [1.165, 1.54) is 16.9 Å². The average molecular weight is 519 g/mol. The SMILES string of the molecule is C=CCN1C[C@H](C)N([C@@H](c2cccc(O[Si](C)(C)C(C)(C)C)c2)c2ccc(C(=O)Cl)s2)C[C@H]1C. The molecule has 4 nitrogen and oxygen atoms in total. The Morgan fingerprint density at radius 3 is 2.53 bits per heavy atom. The van der Waals surface area contributed by atoms with Gasteiger partial charge in [0.15, 0.2) is 0 Å². The molecule has 0 N–H and O–H groups in total. The van der Waals surface area contributed by atoms with Gasteiger partial charge in [-0.05, 0) is 73.4 Å². The first-order valence-corrected chi connectivity index (χ1v) is 16.1. The first-order chi connectivity index (χ1) is 15.8. The lowest BCUT2D eigenvalue weighted by atomic mass is 9.98. The van der Waals surface area contributed by atoms with Crippen LogP contribution in [0.3, 0.4) is 0 Å². The van der Waals surface area contributed by atoms with E-state index in [4.69, 9.17) is 16.0 Å². The average Bonchev–Trinajstić information content (AvgIpc) is 3.21. The Hall–Kier alpha value is -1.44. The molecule has 7 heteroatoms. The summed E-state index contributed by atoms with van der Waals surface area (Å²) in [6, 6.07) is 13.2. The minimum absolute atomic E-state index is 0.0288. The fourth-order valence-electron chi connectivity index (χ4n) is 4.33. The molecule has 1 saturated heterocycles. The fraction of sp³-hybridized carbons (Fsp3) is 0.519. The van der Waals surface area contributed by atoms with Crippen molar-refractivity contribution in [2.24, 2.45) is 0 Å². The lowest BCUT2D eigenvalue weighted by Gasteiger charge is -2.47.